The first-order valence-corrected chi connectivity index (χ1v) is 14.5. The zero-order valence-electron chi connectivity index (χ0n) is 25.7. The standard InChI is InChI=1S/C37H25N4S.Pd/c1-39-25-40(35-18-7-6-17-34(35)39)26-11-10-12-27(23-26)42-28-20-21-32-30-14-3-2-13-29(30)31-15-4-5-16-33(31)41(36(32)24-28)37-19-8-9-22-38-37;/h2-22,25H,1H3;/q-3;/i1D3;. The molecule has 0 radical (unpaired) electrons. The topological polar surface area (TPSA) is 22.6 Å². The molecule has 43 heavy (non-hydrogen) atoms. The second-order valence-corrected chi connectivity index (χ2v) is 11.1. The first-order chi connectivity index (χ1) is 22.0. The number of anilines is 6. The van der Waals surface area contributed by atoms with Gasteiger partial charge in [-0.1, -0.05) is 71.9 Å². The zero-order chi connectivity index (χ0) is 30.5. The average molecular weight is 667 g/mol. The largest absolute Gasteiger partial charge is 0.504 e. The number of pyridine rings is 1. The van der Waals surface area contributed by atoms with Crippen LogP contribution in [0, 0.1) is 18.8 Å². The van der Waals surface area contributed by atoms with Crippen molar-refractivity contribution in [3.63, 3.8) is 0 Å². The van der Waals surface area contributed by atoms with Gasteiger partial charge in [-0.15, -0.1) is 51.0 Å². The molecule has 6 heteroatoms. The molecule has 5 aromatic carbocycles. The molecule has 0 saturated heterocycles. The Labute approximate surface area is 274 Å². The molecule has 0 N–H and O–H groups in total. The molecule has 3 heterocycles. The Morgan fingerprint density at radius 2 is 1.35 bits per heavy atom. The molecule has 4 nitrogen and oxygen atoms in total. The molecule has 0 saturated carbocycles. The molecule has 2 aliphatic heterocycles. The van der Waals surface area contributed by atoms with Crippen molar-refractivity contribution in [3.05, 3.63) is 146 Å². The molecule has 0 spiro atoms. The van der Waals surface area contributed by atoms with Gasteiger partial charge in [-0.2, -0.15) is 30.9 Å². The van der Waals surface area contributed by atoms with Crippen LogP contribution in [-0.4, -0.2) is 12.0 Å². The van der Waals surface area contributed by atoms with Crippen LogP contribution in [0.4, 0.5) is 34.3 Å². The Hall–Kier alpha value is -4.34. The molecule has 0 atom stereocenters. The van der Waals surface area contributed by atoms with Gasteiger partial charge in [0.1, 0.15) is 5.82 Å². The SMILES string of the molecule is [2H]C([2H])([2H])N1[CH-]N(c2[c-]c(Sc3[c-]c4c(cc3)-c3ccccc3-c3ccccc3N4c3ccccn3)ccc2)c2ccccc21.[Pd]. The number of para-hydroxylation sites is 3. The van der Waals surface area contributed by atoms with Crippen molar-refractivity contribution >= 4 is 46.0 Å². The van der Waals surface area contributed by atoms with Gasteiger partial charge >= 0.3 is 0 Å². The Morgan fingerprint density at radius 3 is 2.14 bits per heavy atom. The Kier molecular flexibility index (Phi) is 6.40. The van der Waals surface area contributed by atoms with Crippen molar-refractivity contribution in [2.75, 3.05) is 21.7 Å². The van der Waals surface area contributed by atoms with Crippen LogP contribution in [0.3, 0.4) is 0 Å². The molecule has 8 rings (SSSR count). The molecular formula is C37H25N4PdS-3. The van der Waals surface area contributed by atoms with E-state index in [1.54, 1.807) is 18.4 Å². The minimum absolute atomic E-state index is 0. The number of hydrogen-bond acceptors (Lipinski definition) is 5. The number of fused-ring (bicyclic) bond motifs is 6. The van der Waals surface area contributed by atoms with Gasteiger partial charge in [0.25, 0.3) is 0 Å². The van der Waals surface area contributed by atoms with Crippen molar-refractivity contribution in [1.82, 2.24) is 4.98 Å². The fourth-order valence-corrected chi connectivity index (χ4v) is 6.49. The van der Waals surface area contributed by atoms with E-state index in [1.807, 2.05) is 71.8 Å². The van der Waals surface area contributed by atoms with E-state index >= 15 is 0 Å². The molecule has 212 valence electrons. The molecule has 0 amide bonds. The van der Waals surface area contributed by atoms with Gasteiger partial charge in [0, 0.05) is 47.7 Å². The maximum absolute atomic E-state index is 8.04. The van der Waals surface area contributed by atoms with Crippen LogP contribution in [0.2, 0.25) is 0 Å². The molecule has 0 bridgehead atoms. The smallest absolute Gasteiger partial charge is 0.135 e. The summed E-state index contributed by atoms with van der Waals surface area (Å²) in [5.74, 6) is 0.813. The van der Waals surface area contributed by atoms with E-state index in [2.05, 4.69) is 77.7 Å². The number of hydrogen-bond donors (Lipinski definition) is 0. The second kappa shape index (κ2) is 11.4. The first-order valence-electron chi connectivity index (χ1n) is 15.1. The van der Waals surface area contributed by atoms with Crippen molar-refractivity contribution in [3.8, 4) is 22.3 Å². The predicted octanol–water partition coefficient (Wildman–Crippen LogP) is 9.66. The second-order valence-electron chi connectivity index (χ2n) is 10.0. The Bertz CT molecular complexity index is 2050. The van der Waals surface area contributed by atoms with Gasteiger partial charge in [-0.3, -0.25) is 0 Å². The molecule has 0 aliphatic carbocycles. The Balaban J connectivity index is 0.00000338. The maximum Gasteiger partial charge on any atom is 0.135 e. The third-order valence-electron chi connectivity index (χ3n) is 7.52. The summed E-state index contributed by atoms with van der Waals surface area (Å²) >= 11 is 1.56. The van der Waals surface area contributed by atoms with E-state index in [0.717, 1.165) is 60.6 Å². The molecule has 0 unspecified atom stereocenters. The normalized spacial score (nSPS) is 14.2. The summed E-state index contributed by atoms with van der Waals surface area (Å²) in [5, 5.41) is 0. The molecule has 1 aromatic heterocycles. The van der Waals surface area contributed by atoms with Gasteiger partial charge in [0.05, 0.1) is 5.69 Å². The van der Waals surface area contributed by atoms with E-state index in [4.69, 9.17) is 9.10 Å². The van der Waals surface area contributed by atoms with Crippen molar-refractivity contribution < 1.29 is 24.5 Å². The summed E-state index contributed by atoms with van der Waals surface area (Å²) in [6.45, 7) is -0.670. The van der Waals surface area contributed by atoms with Crippen LogP contribution in [-0.2, 0) is 20.4 Å². The third-order valence-corrected chi connectivity index (χ3v) is 8.43. The maximum atomic E-state index is 8.04. The third kappa shape index (κ3) is 4.82. The van der Waals surface area contributed by atoms with Gasteiger partial charge < -0.3 is 14.7 Å². The summed E-state index contributed by atoms with van der Waals surface area (Å²) in [6, 6.07) is 47.8. The minimum atomic E-state index is -2.30. The van der Waals surface area contributed by atoms with Crippen molar-refractivity contribution in [2.45, 2.75) is 9.79 Å². The average Bonchev–Trinajstić information content (AvgIpc) is 3.42. The van der Waals surface area contributed by atoms with Gasteiger partial charge in [0.15, 0.2) is 0 Å². The monoisotopic (exact) mass is 666 g/mol. The van der Waals surface area contributed by atoms with Gasteiger partial charge in [-0.25, -0.2) is 4.98 Å². The van der Waals surface area contributed by atoms with E-state index in [0.29, 0.717) is 5.69 Å². The van der Waals surface area contributed by atoms with Gasteiger partial charge in [-0.05, 0) is 42.9 Å². The minimum Gasteiger partial charge on any atom is -0.504 e. The summed E-state index contributed by atoms with van der Waals surface area (Å²) in [4.78, 5) is 12.0. The van der Waals surface area contributed by atoms with E-state index in [9.17, 15) is 0 Å². The van der Waals surface area contributed by atoms with Crippen LogP contribution in [0.1, 0.15) is 4.11 Å². The van der Waals surface area contributed by atoms with Crippen LogP contribution < -0.4 is 14.7 Å². The fourth-order valence-electron chi connectivity index (χ4n) is 5.67. The zero-order valence-corrected chi connectivity index (χ0v) is 25.1. The number of nitrogens with zero attached hydrogens (tertiary/aromatic N) is 4. The molecular weight excluding hydrogens is 639 g/mol. The van der Waals surface area contributed by atoms with Crippen LogP contribution in [0.25, 0.3) is 22.3 Å². The van der Waals surface area contributed by atoms with E-state index < -0.39 is 6.98 Å². The molecule has 6 aromatic rings. The van der Waals surface area contributed by atoms with Crippen molar-refractivity contribution in [2.24, 2.45) is 0 Å². The molecule has 2 aliphatic rings. The first kappa shape index (κ1) is 24.1. The predicted molar refractivity (Wildman–Crippen MR) is 173 cm³/mol. The number of benzene rings is 5. The summed E-state index contributed by atoms with van der Waals surface area (Å²) < 4.78 is 24.1. The summed E-state index contributed by atoms with van der Waals surface area (Å²) in [5.41, 5.74) is 8.66. The summed E-state index contributed by atoms with van der Waals surface area (Å²) in [6.07, 6.45) is 1.82. The quantitative estimate of drug-likeness (QED) is 0.137. The van der Waals surface area contributed by atoms with E-state index in [-0.39, 0.29) is 20.4 Å². The molecule has 0 fully saturated rings. The van der Waals surface area contributed by atoms with Crippen LogP contribution in [0.15, 0.2) is 137 Å². The number of rotatable bonds is 4. The van der Waals surface area contributed by atoms with Crippen LogP contribution in [0.5, 0.6) is 0 Å². The van der Waals surface area contributed by atoms with Gasteiger partial charge in [0.2, 0.25) is 0 Å². The number of aromatic nitrogens is 1. The van der Waals surface area contributed by atoms with Crippen LogP contribution >= 0.6 is 11.8 Å². The fraction of sp³-hybridized carbons (Fsp3) is 0.0270. The summed E-state index contributed by atoms with van der Waals surface area (Å²) in [7, 11) is 0. The van der Waals surface area contributed by atoms with Crippen molar-refractivity contribution in [1.29, 1.82) is 0 Å². The Morgan fingerprint density at radius 1 is 0.651 bits per heavy atom. The van der Waals surface area contributed by atoms with E-state index in [1.165, 1.54) is 4.90 Å².